The number of rotatable bonds is 5. The Morgan fingerprint density at radius 2 is 2.04 bits per heavy atom. The summed E-state index contributed by atoms with van der Waals surface area (Å²) in [6, 6.07) is 5.13. The number of benzene rings is 1. The first kappa shape index (κ1) is 19.5. The van der Waals surface area contributed by atoms with E-state index in [1.165, 1.54) is 12.0 Å². The number of carbonyl (C=O) groups excluding carboxylic acids is 3. The second kappa shape index (κ2) is 8.01. The van der Waals surface area contributed by atoms with Crippen molar-refractivity contribution in [1.29, 1.82) is 0 Å². The van der Waals surface area contributed by atoms with E-state index >= 15 is 0 Å². The number of hydrogen-bond acceptors (Lipinski definition) is 7. The van der Waals surface area contributed by atoms with Gasteiger partial charge in [-0.15, -0.1) is 0 Å². The van der Waals surface area contributed by atoms with Gasteiger partial charge < -0.3 is 19.1 Å². The monoisotopic (exact) mass is 378 g/mol. The summed E-state index contributed by atoms with van der Waals surface area (Å²) in [4.78, 5) is 38.2. The average molecular weight is 378 g/mol. The topological polar surface area (TPSA) is 94.2 Å². The summed E-state index contributed by atoms with van der Waals surface area (Å²) < 4.78 is 14.5. The third-order valence-electron chi connectivity index (χ3n) is 3.93. The smallest absolute Gasteiger partial charge is 0.408 e. The summed E-state index contributed by atoms with van der Waals surface area (Å²) in [7, 11) is 3.81. The predicted octanol–water partition coefficient (Wildman–Crippen LogP) is 0.809. The van der Waals surface area contributed by atoms with Gasteiger partial charge in [0.25, 0.3) is 5.91 Å². The van der Waals surface area contributed by atoms with Crippen molar-refractivity contribution < 1.29 is 28.6 Å². The normalized spacial score (nSPS) is 14.5. The maximum atomic E-state index is 12.7. The van der Waals surface area contributed by atoms with Gasteiger partial charge in [-0.1, -0.05) is 18.7 Å². The van der Waals surface area contributed by atoms with Gasteiger partial charge in [-0.05, 0) is 28.9 Å². The fraction of sp³-hybridized carbons (Fsp3) is 0.353. The highest BCUT2D eigenvalue weighted by Gasteiger charge is 2.45. The molecule has 1 heterocycles. The summed E-state index contributed by atoms with van der Waals surface area (Å²) in [5.74, 6) is 1.90. The molecule has 1 aromatic rings. The molecule has 0 saturated carbocycles. The highest BCUT2D eigenvalue weighted by Crippen LogP contribution is 2.28. The van der Waals surface area contributed by atoms with Gasteiger partial charge in [-0.3, -0.25) is 10.1 Å². The minimum atomic E-state index is -1.81. The van der Waals surface area contributed by atoms with E-state index in [4.69, 9.17) is 9.47 Å². The Hall–Kier alpha value is -2.86. The van der Waals surface area contributed by atoms with Crippen molar-refractivity contribution in [3.05, 3.63) is 29.3 Å². The van der Waals surface area contributed by atoms with Crippen molar-refractivity contribution in [2.75, 3.05) is 27.9 Å². The van der Waals surface area contributed by atoms with Gasteiger partial charge >= 0.3 is 12.1 Å². The SMILES string of the molecule is COC(=O)N[C@](C#CS)(CN1Cc2ccc(OC)cc2C1=O)C(=O)OC. The first-order valence-corrected chi connectivity index (χ1v) is 7.92. The van der Waals surface area contributed by atoms with Crippen LogP contribution in [0.5, 0.6) is 5.75 Å². The van der Waals surface area contributed by atoms with Gasteiger partial charge in [-0.25, -0.2) is 9.59 Å². The van der Waals surface area contributed by atoms with Gasteiger partial charge in [0, 0.05) is 12.1 Å². The summed E-state index contributed by atoms with van der Waals surface area (Å²) >= 11 is 3.81. The Morgan fingerprint density at radius 1 is 1.31 bits per heavy atom. The summed E-state index contributed by atoms with van der Waals surface area (Å²) in [6.45, 7) is 0.00612. The number of nitrogens with zero attached hydrogens (tertiary/aromatic N) is 1. The summed E-state index contributed by atoms with van der Waals surface area (Å²) in [5.41, 5.74) is -0.586. The van der Waals surface area contributed by atoms with Crippen molar-refractivity contribution >= 4 is 30.6 Å². The lowest BCUT2D eigenvalue weighted by molar-refractivity contribution is -0.146. The zero-order valence-electron chi connectivity index (χ0n) is 14.5. The van der Waals surface area contributed by atoms with Crippen LogP contribution in [-0.4, -0.2) is 56.3 Å². The lowest BCUT2D eigenvalue weighted by atomic mass is 10.00. The molecule has 0 saturated heterocycles. The standard InChI is InChI=1S/C17H18N2O6S/c1-23-12-5-4-11-9-19(14(20)13(11)8-12)10-17(6-7-26,15(21)24-2)18-16(22)25-3/h4-5,8,26H,9-10H2,1-3H3,(H,18,22)/t17-/m1/s1. The quantitative estimate of drug-likeness (QED) is 0.447. The van der Waals surface area contributed by atoms with Crippen LogP contribution in [0.15, 0.2) is 18.2 Å². The van der Waals surface area contributed by atoms with Gasteiger partial charge in [0.1, 0.15) is 5.75 Å². The van der Waals surface area contributed by atoms with Crippen LogP contribution in [0, 0.1) is 11.2 Å². The molecule has 1 aliphatic rings. The van der Waals surface area contributed by atoms with Crippen LogP contribution in [0.25, 0.3) is 0 Å². The molecule has 0 unspecified atom stereocenters. The van der Waals surface area contributed by atoms with E-state index in [-0.39, 0.29) is 19.0 Å². The zero-order valence-corrected chi connectivity index (χ0v) is 15.4. The molecule has 9 heteroatoms. The second-order valence-electron chi connectivity index (χ2n) is 5.43. The number of hydrogen-bond donors (Lipinski definition) is 2. The molecule has 0 bridgehead atoms. The van der Waals surface area contributed by atoms with Crippen LogP contribution < -0.4 is 10.1 Å². The lowest BCUT2D eigenvalue weighted by Gasteiger charge is -2.30. The van der Waals surface area contributed by atoms with Crippen molar-refractivity contribution in [2.45, 2.75) is 12.1 Å². The molecule has 8 nitrogen and oxygen atoms in total. The number of alkyl carbamates (subject to hydrolysis) is 1. The minimum Gasteiger partial charge on any atom is -0.497 e. The van der Waals surface area contributed by atoms with E-state index in [9.17, 15) is 14.4 Å². The number of ether oxygens (including phenoxy) is 3. The molecule has 0 spiro atoms. The summed E-state index contributed by atoms with van der Waals surface area (Å²) in [6.07, 6.45) is -0.891. The number of fused-ring (bicyclic) bond motifs is 1. The molecule has 138 valence electrons. The van der Waals surface area contributed by atoms with Crippen molar-refractivity contribution in [3.8, 4) is 16.9 Å². The van der Waals surface area contributed by atoms with Crippen LogP contribution >= 0.6 is 12.6 Å². The zero-order chi connectivity index (χ0) is 19.3. The Morgan fingerprint density at radius 3 is 2.62 bits per heavy atom. The maximum Gasteiger partial charge on any atom is 0.408 e. The second-order valence-corrected chi connectivity index (χ2v) is 5.66. The highest BCUT2D eigenvalue weighted by molar-refractivity contribution is 7.85. The molecule has 0 aliphatic carbocycles. The maximum absolute atomic E-state index is 12.7. The first-order chi connectivity index (χ1) is 12.4. The number of esters is 1. The molecule has 26 heavy (non-hydrogen) atoms. The molecule has 2 rings (SSSR count). The Kier molecular flexibility index (Phi) is 6.00. The third kappa shape index (κ3) is 3.70. The van der Waals surface area contributed by atoms with Crippen LogP contribution in [0.3, 0.4) is 0 Å². The molecule has 1 atom stereocenters. The van der Waals surface area contributed by atoms with E-state index in [2.05, 4.69) is 33.9 Å². The lowest BCUT2D eigenvalue weighted by Crippen LogP contribution is -2.60. The van der Waals surface area contributed by atoms with Crippen LogP contribution in [0.4, 0.5) is 4.79 Å². The molecule has 1 N–H and O–H groups in total. The molecule has 0 fully saturated rings. The van der Waals surface area contributed by atoms with Crippen LogP contribution in [-0.2, 0) is 20.8 Å². The number of nitrogens with one attached hydrogen (secondary N) is 1. The molecule has 1 aromatic carbocycles. The molecule has 2 amide bonds. The Labute approximate surface area is 156 Å². The van der Waals surface area contributed by atoms with E-state index in [0.717, 1.165) is 19.8 Å². The van der Waals surface area contributed by atoms with Crippen molar-refractivity contribution in [3.63, 3.8) is 0 Å². The largest absolute Gasteiger partial charge is 0.497 e. The van der Waals surface area contributed by atoms with Crippen molar-refractivity contribution in [1.82, 2.24) is 10.2 Å². The molecular weight excluding hydrogens is 360 g/mol. The predicted molar refractivity (Wildman–Crippen MR) is 94.8 cm³/mol. The van der Waals surface area contributed by atoms with Gasteiger partial charge in [0.2, 0.25) is 5.54 Å². The number of thiol groups is 1. The van der Waals surface area contributed by atoms with E-state index in [1.807, 2.05) is 0 Å². The van der Waals surface area contributed by atoms with Gasteiger partial charge in [0.05, 0.1) is 27.9 Å². The fourth-order valence-corrected chi connectivity index (χ4v) is 2.84. The highest BCUT2D eigenvalue weighted by atomic mass is 32.1. The number of amides is 2. The first-order valence-electron chi connectivity index (χ1n) is 7.47. The van der Waals surface area contributed by atoms with Crippen LogP contribution in [0.1, 0.15) is 15.9 Å². The molecular formula is C17H18N2O6S. The van der Waals surface area contributed by atoms with E-state index in [1.54, 1.807) is 18.2 Å². The van der Waals surface area contributed by atoms with E-state index < -0.39 is 17.6 Å². The molecule has 0 aromatic heterocycles. The van der Waals surface area contributed by atoms with Crippen molar-refractivity contribution in [2.24, 2.45) is 0 Å². The number of carbonyl (C=O) groups is 3. The summed E-state index contributed by atoms with van der Waals surface area (Å²) in [5, 5.41) is 4.65. The molecule has 1 aliphatic heterocycles. The van der Waals surface area contributed by atoms with Gasteiger partial charge in [0.15, 0.2) is 0 Å². The Balaban J connectivity index is 2.36. The Bertz CT molecular complexity index is 800. The number of methoxy groups -OCH3 is 3. The van der Waals surface area contributed by atoms with Gasteiger partial charge in [-0.2, -0.15) is 0 Å². The van der Waals surface area contributed by atoms with E-state index in [0.29, 0.717) is 11.3 Å². The van der Waals surface area contributed by atoms with Crippen LogP contribution in [0.2, 0.25) is 0 Å². The minimum absolute atomic E-state index is 0.238. The molecule has 0 radical (unpaired) electrons. The fourth-order valence-electron chi connectivity index (χ4n) is 2.65. The third-order valence-corrected chi connectivity index (χ3v) is 4.04. The average Bonchev–Trinajstić information content (AvgIpc) is 2.95.